The van der Waals surface area contributed by atoms with Gasteiger partial charge in [0.15, 0.2) is 0 Å². The van der Waals surface area contributed by atoms with Gasteiger partial charge in [-0.2, -0.15) is 0 Å². The minimum Gasteiger partial charge on any atom is -0.481 e. The summed E-state index contributed by atoms with van der Waals surface area (Å²) in [5.41, 5.74) is 0.776. The summed E-state index contributed by atoms with van der Waals surface area (Å²) in [7, 11) is 0. The van der Waals surface area contributed by atoms with E-state index in [0.717, 1.165) is 30.1 Å². The van der Waals surface area contributed by atoms with Crippen molar-refractivity contribution in [2.45, 2.75) is 45.4 Å². The summed E-state index contributed by atoms with van der Waals surface area (Å²) in [4.78, 5) is 25.6. The van der Waals surface area contributed by atoms with E-state index in [2.05, 4.69) is 9.59 Å². The molecule has 1 aliphatic rings. The SMILES string of the molecule is CC(C)c1nnsc1C(=O)N1CCC(CCC(=O)O)CC1. The number of hydrogen-bond acceptors (Lipinski definition) is 5. The van der Waals surface area contributed by atoms with Gasteiger partial charge in [-0.25, -0.2) is 0 Å². The summed E-state index contributed by atoms with van der Waals surface area (Å²) in [6.07, 6.45) is 2.68. The highest BCUT2D eigenvalue weighted by molar-refractivity contribution is 7.08. The van der Waals surface area contributed by atoms with Gasteiger partial charge in [0.05, 0.1) is 5.69 Å². The van der Waals surface area contributed by atoms with E-state index in [0.29, 0.717) is 30.3 Å². The zero-order valence-corrected chi connectivity index (χ0v) is 13.2. The van der Waals surface area contributed by atoms with Gasteiger partial charge in [-0.3, -0.25) is 9.59 Å². The Balaban J connectivity index is 1.91. The second kappa shape index (κ2) is 6.98. The molecule has 7 heteroatoms. The number of rotatable bonds is 5. The van der Waals surface area contributed by atoms with Crippen LogP contribution in [-0.2, 0) is 4.79 Å². The molecule has 1 fully saturated rings. The number of amides is 1. The van der Waals surface area contributed by atoms with E-state index in [-0.39, 0.29) is 18.2 Å². The average molecular weight is 311 g/mol. The van der Waals surface area contributed by atoms with Crippen LogP contribution in [0.15, 0.2) is 0 Å². The van der Waals surface area contributed by atoms with Crippen LogP contribution in [0.5, 0.6) is 0 Å². The number of likely N-dealkylation sites (tertiary alicyclic amines) is 1. The fraction of sp³-hybridized carbons (Fsp3) is 0.714. The molecule has 1 saturated heterocycles. The largest absolute Gasteiger partial charge is 0.481 e. The predicted octanol–water partition coefficient (Wildman–Crippen LogP) is 2.38. The lowest BCUT2D eigenvalue weighted by Crippen LogP contribution is -2.38. The Morgan fingerprint density at radius 3 is 2.62 bits per heavy atom. The van der Waals surface area contributed by atoms with E-state index in [9.17, 15) is 9.59 Å². The van der Waals surface area contributed by atoms with Gasteiger partial charge in [-0.05, 0) is 42.6 Å². The van der Waals surface area contributed by atoms with Crippen molar-refractivity contribution in [1.82, 2.24) is 14.5 Å². The fourth-order valence-electron chi connectivity index (χ4n) is 2.62. The molecule has 1 N–H and O–H groups in total. The summed E-state index contributed by atoms with van der Waals surface area (Å²) in [5, 5.41) is 12.8. The Labute approximate surface area is 128 Å². The van der Waals surface area contributed by atoms with Crippen LogP contribution in [0.2, 0.25) is 0 Å². The smallest absolute Gasteiger partial charge is 0.303 e. The fourth-order valence-corrected chi connectivity index (χ4v) is 3.41. The standard InChI is InChI=1S/C14H21N3O3S/c1-9(2)12-13(21-16-15-12)14(20)17-7-5-10(6-8-17)3-4-11(18)19/h9-10H,3-8H2,1-2H3,(H,18,19). The first kappa shape index (κ1) is 15.9. The molecule has 0 spiro atoms. The number of aromatic nitrogens is 2. The molecule has 1 amide bonds. The molecule has 0 saturated carbocycles. The predicted molar refractivity (Wildman–Crippen MR) is 79.5 cm³/mol. The number of aliphatic carboxylic acids is 1. The molecule has 0 aromatic carbocycles. The van der Waals surface area contributed by atoms with Crippen molar-refractivity contribution in [3.63, 3.8) is 0 Å². The summed E-state index contributed by atoms with van der Waals surface area (Å²) >= 11 is 1.16. The molecule has 0 radical (unpaired) electrons. The third kappa shape index (κ3) is 4.00. The molecule has 0 unspecified atom stereocenters. The Morgan fingerprint density at radius 1 is 1.38 bits per heavy atom. The van der Waals surface area contributed by atoms with Gasteiger partial charge in [-0.1, -0.05) is 18.3 Å². The number of hydrogen-bond donors (Lipinski definition) is 1. The summed E-state index contributed by atoms with van der Waals surface area (Å²) in [6, 6.07) is 0. The zero-order chi connectivity index (χ0) is 15.4. The number of carboxylic acid groups (broad SMARTS) is 1. The highest BCUT2D eigenvalue weighted by atomic mass is 32.1. The van der Waals surface area contributed by atoms with Gasteiger partial charge in [0.25, 0.3) is 5.91 Å². The van der Waals surface area contributed by atoms with Crippen LogP contribution in [0, 0.1) is 5.92 Å². The van der Waals surface area contributed by atoms with Gasteiger partial charge < -0.3 is 10.0 Å². The molecular formula is C14H21N3O3S. The van der Waals surface area contributed by atoms with E-state index in [4.69, 9.17) is 5.11 Å². The van der Waals surface area contributed by atoms with Gasteiger partial charge >= 0.3 is 5.97 Å². The van der Waals surface area contributed by atoms with Crippen molar-refractivity contribution in [3.05, 3.63) is 10.6 Å². The van der Waals surface area contributed by atoms with Crippen LogP contribution < -0.4 is 0 Å². The van der Waals surface area contributed by atoms with E-state index in [1.165, 1.54) is 0 Å². The number of piperidine rings is 1. The first-order valence-electron chi connectivity index (χ1n) is 7.32. The van der Waals surface area contributed by atoms with Gasteiger partial charge in [0, 0.05) is 19.5 Å². The molecule has 1 aromatic rings. The van der Waals surface area contributed by atoms with Crippen molar-refractivity contribution in [2.24, 2.45) is 5.92 Å². The Kier molecular flexibility index (Phi) is 5.27. The molecule has 6 nitrogen and oxygen atoms in total. The minimum absolute atomic E-state index is 0.0189. The van der Waals surface area contributed by atoms with E-state index >= 15 is 0 Å². The molecule has 21 heavy (non-hydrogen) atoms. The first-order chi connectivity index (χ1) is 9.99. The molecule has 0 atom stereocenters. The number of carbonyl (C=O) groups excluding carboxylic acids is 1. The Bertz CT molecular complexity index is 507. The van der Waals surface area contributed by atoms with Crippen molar-refractivity contribution >= 4 is 23.4 Å². The quantitative estimate of drug-likeness (QED) is 0.902. The number of carboxylic acids is 1. The maximum Gasteiger partial charge on any atom is 0.303 e. The lowest BCUT2D eigenvalue weighted by atomic mass is 9.92. The highest BCUT2D eigenvalue weighted by Crippen LogP contribution is 2.26. The molecule has 0 bridgehead atoms. The topological polar surface area (TPSA) is 83.4 Å². The zero-order valence-electron chi connectivity index (χ0n) is 12.4. The van der Waals surface area contributed by atoms with Crippen LogP contribution in [-0.4, -0.2) is 44.6 Å². The molecular weight excluding hydrogens is 290 g/mol. The maximum atomic E-state index is 12.5. The normalized spacial score (nSPS) is 16.4. The van der Waals surface area contributed by atoms with Gasteiger partial charge in [0.2, 0.25) is 0 Å². The maximum absolute atomic E-state index is 12.5. The van der Waals surface area contributed by atoms with Crippen LogP contribution in [0.1, 0.15) is 60.8 Å². The molecule has 116 valence electrons. The van der Waals surface area contributed by atoms with Crippen LogP contribution in [0.25, 0.3) is 0 Å². The van der Waals surface area contributed by atoms with Crippen molar-refractivity contribution in [3.8, 4) is 0 Å². The Hall–Kier alpha value is -1.50. The van der Waals surface area contributed by atoms with E-state index < -0.39 is 5.97 Å². The molecule has 2 heterocycles. The lowest BCUT2D eigenvalue weighted by molar-refractivity contribution is -0.137. The lowest BCUT2D eigenvalue weighted by Gasteiger charge is -2.31. The van der Waals surface area contributed by atoms with Crippen LogP contribution in [0.3, 0.4) is 0 Å². The van der Waals surface area contributed by atoms with Crippen molar-refractivity contribution in [2.75, 3.05) is 13.1 Å². The molecule has 1 aromatic heterocycles. The van der Waals surface area contributed by atoms with Crippen molar-refractivity contribution in [1.29, 1.82) is 0 Å². The van der Waals surface area contributed by atoms with E-state index in [1.54, 1.807) is 0 Å². The molecule has 1 aliphatic heterocycles. The van der Waals surface area contributed by atoms with Gasteiger partial charge in [0.1, 0.15) is 4.88 Å². The minimum atomic E-state index is -0.745. The first-order valence-corrected chi connectivity index (χ1v) is 8.09. The van der Waals surface area contributed by atoms with Crippen LogP contribution in [0.4, 0.5) is 0 Å². The van der Waals surface area contributed by atoms with E-state index in [1.807, 2.05) is 18.7 Å². The molecule has 2 rings (SSSR count). The van der Waals surface area contributed by atoms with Gasteiger partial charge in [-0.15, -0.1) is 5.10 Å². The third-order valence-corrected chi connectivity index (χ3v) is 4.65. The average Bonchev–Trinajstić information content (AvgIpc) is 2.94. The summed E-state index contributed by atoms with van der Waals surface area (Å²) in [5.74, 6) is -0.124. The highest BCUT2D eigenvalue weighted by Gasteiger charge is 2.27. The summed E-state index contributed by atoms with van der Waals surface area (Å²) in [6.45, 7) is 5.40. The second-order valence-corrected chi connectivity index (χ2v) is 6.56. The number of carbonyl (C=O) groups is 2. The number of nitrogens with zero attached hydrogens (tertiary/aromatic N) is 3. The summed E-state index contributed by atoms with van der Waals surface area (Å²) < 4.78 is 3.90. The molecule has 0 aliphatic carbocycles. The second-order valence-electron chi connectivity index (χ2n) is 5.81. The van der Waals surface area contributed by atoms with Crippen LogP contribution >= 0.6 is 11.5 Å². The Morgan fingerprint density at radius 2 is 2.05 bits per heavy atom. The third-order valence-electron chi connectivity index (χ3n) is 3.92. The van der Waals surface area contributed by atoms with Crippen molar-refractivity contribution < 1.29 is 14.7 Å². The monoisotopic (exact) mass is 311 g/mol.